The molecule has 6 aliphatic rings. The maximum absolute atomic E-state index is 13.6. The Bertz CT molecular complexity index is 1700. The molecule has 4 aliphatic carbocycles. The lowest BCUT2D eigenvalue weighted by Crippen LogP contribution is -2.71. The van der Waals surface area contributed by atoms with Crippen LogP contribution in [0.3, 0.4) is 0 Å². The Morgan fingerprint density at radius 1 is 1.10 bits per heavy atom. The van der Waals surface area contributed by atoms with Gasteiger partial charge in [-0.25, -0.2) is 4.79 Å². The van der Waals surface area contributed by atoms with Crippen molar-refractivity contribution in [1.82, 2.24) is 20.9 Å². The summed E-state index contributed by atoms with van der Waals surface area (Å²) in [5.41, 5.74) is 9.23. The van der Waals surface area contributed by atoms with Crippen LogP contribution in [0.5, 0.6) is 0 Å². The number of rotatable bonds is 15. The number of azide groups is 1. The molecule has 58 heavy (non-hydrogen) atoms. The molecule has 14 unspecified atom stereocenters. The van der Waals surface area contributed by atoms with Gasteiger partial charge in [0.1, 0.15) is 29.9 Å². The van der Waals surface area contributed by atoms with E-state index in [1.165, 1.54) is 16.7 Å². The first-order valence-corrected chi connectivity index (χ1v) is 21.9. The Morgan fingerprint density at radius 3 is 2.62 bits per heavy atom. The summed E-state index contributed by atoms with van der Waals surface area (Å²) in [6.45, 7) is 8.45. The average Bonchev–Trinajstić information content (AvgIpc) is 3.55. The Kier molecular flexibility index (Phi) is 14.0. The van der Waals surface area contributed by atoms with E-state index < -0.39 is 47.7 Å². The Hall–Kier alpha value is -3.52. The van der Waals surface area contributed by atoms with Crippen LogP contribution in [0.2, 0.25) is 0 Å². The summed E-state index contributed by atoms with van der Waals surface area (Å²) in [6, 6.07) is -0.817. The number of β-lactam (4-membered cyclic amide) rings is 1. The van der Waals surface area contributed by atoms with Crippen LogP contribution in [0.25, 0.3) is 10.4 Å². The van der Waals surface area contributed by atoms with E-state index in [2.05, 4.69) is 52.7 Å². The van der Waals surface area contributed by atoms with Gasteiger partial charge in [0.25, 0.3) is 11.8 Å². The SMILES string of the molecule is C#CCCOCCOC(=O)NC(CN=[N+]=[N-])NC(=O)C1=C(C)CSC2C(NC(=O)CCC(C)C3CCC4C5C(O)CC6CC(O)CCC6(C)C5CC(O)C34C)C(=O)N12. The predicted octanol–water partition coefficient (Wildman–Crippen LogP) is 3.56. The smallest absolute Gasteiger partial charge is 0.408 e. The molecule has 320 valence electrons. The number of hydrogen-bond donors (Lipinski definition) is 6. The molecule has 14 atom stereocenters. The second-order valence-electron chi connectivity index (χ2n) is 17.9. The zero-order valence-electron chi connectivity index (χ0n) is 34.1. The highest BCUT2D eigenvalue weighted by atomic mass is 32.2. The van der Waals surface area contributed by atoms with Gasteiger partial charge in [-0.05, 0) is 116 Å². The highest BCUT2D eigenvalue weighted by Gasteiger charge is 2.65. The van der Waals surface area contributed by atoms with Crippen LogP contribution < -0.4 is 16.0 Å². The van der Waals surface area contributed by atoms with Crippen molar-refractivity contribution in [2.24, 2.45) is 51.5 Å². The number of hydrogen-bond acceptors (Lipinski definition) is 11. The molecule has 2 heterocycles. The van der Waals surface area contributed by atoms with Crippen molar-refractivity contribution >= 4 is 35.6 Å². The van der Waals surface area contributed by atoms with E-state index in [1.54, 1.807) is 6.92 Å². The Balaban J connectivity index is 1.01. The minimum Gasteiger partial charge on any atom is -0.447 e. The molecule has 1 saturated heterocycles. The van der Waals surface area contributed by atoms with Crippen molar-refractivity contribution in [1.29, 1.82) is 0 Å². The fourth-order valence-corrected chi connectivity index (χ4v) is 13.1. The third kappa shape index (κ3) is 8.56. The van der Waals surface area contributed by atoms with Crippen LogP contribution in [0.1, 0.15) is 91.9 Å². The van der Waals surface area contributed by atoms with Gasteiger partial charge in [0.2, 0.25) is 5.91 Å². The first-order valence-electron chi connectivity index (χ1n) is 20.9. The van der Waals surface area contributed by atoms with Crippen LogP contribution in [-0.2, 0) is 23.9 Å². The zero-order chi connectivity index (χ0) is 41.9. The minimum absolute atomic E-state index is 0.000744. The Labute approximate surface area is 345 Å². The number of terminal acetylenes is 1. The third-order valence-corrected chi connectivity index (χ3v) is 16.2. The van der Waals surface area contributed by atoms with E-state index in [9.17, 15) is 34.5 Å². The largest absolute Gasteiger partial charge is 0.447 e. The summed E-state index contributed by atoms with van der Waals surface area (Å²) in [5.74, 6) is 2.59. The van der Waals surface area contributed by atoms with E-state index >= 15 is 0 Å². The molecule has 0 bridgehead atoms. The van der Waals surface area contributed by atoms with Crippen molar-refractivity contribution in [3.05, 3.63) is 21.7 Å². The van der Waals surface area contributed by atoms with Crippen molar-refractivity contribution in [3.63, 3.8) is 0 Å². The predicted molar refractivity (Wildman–Crippen MR) is 215 cm³/mol. The summed E-state index contributed by atoms with van der Waals surface area (Å²) in [7, 11) is 0. The normalized spacial score (nSPS) is 37.3. The van der Waals surface area contributed by atoms with Crippen molar-refractivity contribution in [3.8, 4) is 12.3 Å². The van der Waals surface area contributed by atoms with Crippen molar-refractivity contribution in [2.45, 2.75) is 128 Å². The van der Waals surface area contributed by atoms with Crippen LogP contribution in [0.15, 0.2) is 16.4 Å². The lowest BCUT2D eigenvalue weighted by molar-refractivity contribution is -0.207. The number of aliphatic hydroxyl groups excluding tert-OH is 3. The number of nitrogens with zero attached hydrogens (tertiary/aromatic N) is 4. The summed E-state index contributed by atoms with van der Waals surface area (Å²) < 4.78 is 10.3. The number of alkyl carbamates (subject to hydrolysis) is 1. The van der Waals surface area contributed by atoms with E-state index in [1.807, 2.05) is 0 Å². The minimum atomic E-state index is -1.13. The monoisotopic (exact) mass is 827 g/mol. The van der Waals surface area contributed by atoms with Gasteiger partial charge < -0.3 is 40.7 Å². The van der Waals surface area contributed by atoms with Gasteiger partial charge in [-0.2, -0.15) is 0 Å². The number of nitrogens with one attached hydrogen (secondary N) is 3. The van der Waals surface area contributed by atoms with Gasteiger partial charge >= 0.3 is 6.09 Å². The topological polar surface area (TPSA) is 236 Å². The number of fused-ring (bicyclic) bond motifs is 6. The number of carbonyl (C=O) groups excluding carboxylic acids is 4. The number of ether oxygens (including phenoxy) is 2. The number of aliphatic hydroxyl groups is 3. The first kappa shape index (κ1) is 44.0. The third-order valence-electron chi connectivity index (χ3n) is 14.8. The van der Waals surface area contributed by atoms with Gasteiger partial charge in [0.05, 0.1) is 38.1 Å². The van der Waals surface area contributed by atoms with Crippen LogP contribution >= 0.6 is 11.8 Å². The summed E-state index contributed by atoms with van der Waals surface area (Å²) in [4.78, 5) is 57.0. The quantitative estimate of drug-likeness (QED) is 0.0267. The molecule has 6 N–H and O–H groups in total. The molecular formula is C41H61N7O9S. The zero-order valence-corrected chi connectivity index (χ0v) is 34.9. The number of carbonyl (C=O) groups is 4. The summed E-state index contributed by atoms with van der Waals surface area (Å²) in [5, 5.41) is 44.9. The Morgan fingerprint density at radius 2 is 1.88 bits per heavy atom. The van der Waals surface area contributed by atoms with Gasteiger partial charge in [-0.3, -0.25) is 19.3 Å². The fourth-order valence-electron chi connectivity index (χ4n) is 11.8. The van der Waals surface area contributed by atoms with Crippen LogP contribution in [0, 0.1) is 58.7 Å². The van der Waals surface area contributed by atoms with E-state index in [0.717, 1.165) is 32.1 Å². The van der Waals surface area contributed by atoms with Crippen LogP contribution in [-0.4, -0.2) is 112 Å². The molecule has 4 amide bonds. The molecule has 4 saturated carbocycles. The molecule has 0 spiro atoms. The number of amides is 4. The lowest BCUT2D eigenvalue weighted by Gasteiger charge is -2.63. The molecule has 6 rings (SSSR count). The molecule has 16 nitrogen and oxygen atoms in total. The second-order valence-corrected chi connectivity index (χ2v) is 19.0. The summed E-state index contributed by atoms with van der Waals surface area (Å²) in [6.07, 6.45) is 8.71. The van der Waals surface area contributed by atoms with E-state index in [-0.39, 0.29) is 90.2 Å². The lowest BCUT2D eigenvalue weighted by atomic mass is 9.43. The number of thioether (sulfide) groups is 1. The maximum atomic E-state index is 13.6. The molecule has 2 aliphatic heterocycles. The molecule has 0 aromatic rings. The van der Waals surface area contributed by atoms with Gasteiger partial charge in [0, 0.05) is 23.5 Å². The molecular weight excluding hydrogens is 767 g/mol. The average molecular weight is 828 g/mol. The first-order chi connectivity index (χ1) is 27.6. The van der Waals surface area contributed by atoms with Gasteiger partial charge in [-0.1, -0.05) is 25.9 Å². The maximum Gasteiger partial charge on any atom is 0.408 e. The molecule has 0 radical (unpaired) electrons. The van der Waals surface area contributed by atoms with Gasteiger partial charge in [0.15, 0.2) is 0 Å². The molecule has 0 aromatic heterocycles. The van der Waals surface area contributed by atoms with Crippen molar-refractivity contribution in [2.75, 3.05) is 32.1 Å². The molecule has 0 aromatic carbocycles. The fraction of sp³-hybridized carbons (Fsp3) is 0.805. The summed E-state index contributed by atoms with van der Waals surface area (Å²) >= 11 is 1.44. The van der Waals surface area contributed by atoms with Crippen molar-refractivity contribution < 1.29 is 44.0 Å². The second kappa shape index (κ2) is 18.4. The van der Waals surface area contributed by atoms with E-state index in [0.29, 0.717) is 43.6 Å². The van der Waals surface area contributed by atoms with Crippen LogP contribution in [0.4, 0.5) is 4.79 Å². The highest BCUT2D eigenvalue weighted by Crippen LogP contribution is 2.68. The molecule has 17 heteroatoms. The highest BCUT2D eigenvalue weighted by molar-refractivity contribution is 8.00. The van der Waals surface area contributed by atoms with E-state index in [4.69, 9.17) is 21.4 Å². The van der Waals surface area contributed by atoms with Gasteiger partial charge in [-0.15, -0.1) is 24.1 Å². The standard InChI is InChI=1S/C41H61N7O9S/c1-6-7-14-56-15-16-57-39(55)45-31(20-43-47-42)44-36(53)35-23(3)21-58-38-34(37(54)48(35)38)46-32(52)11-8-22(2)26-9-10-27-33-28(19-30(51)41(26,27)5)40(4)13-12-25(49)17-24(40)18-29(33)50/h1,22,24-31,33-34,38,49-51H,7-21H2,2-5H3,(H,44,53)(H,45,55)(H,46,52). The molecule has 5 fully saturated rings.